The fraction of sp³-hybridized carbons (Fsp3) is 0.125. The van der Waals surface area contributed by atoms with Crippen molar-refractivity contribution in [1.29, 1.82) is 0 Å². The summed E-state index contributed by atoms with van der Waals surface area (Å²) in [5, 5.41) is 0.460. The molecule has 29 heavy (non-hydrogen) atoms. The van der Waals surface area contributed by atoms with Crippen LogP contribution in [0.5, 0.6) is 0 Å². The van der Waals surface area contributed by atoms with Gasteiger partial charge in [0.2, 0.25) is 0 Å². The molecule has 144 valence electrons. The van der Waals surface area contributed by atoms with E-state index in [4.69, 9.17) is 0 Å². The van der Waals surface area contributed by atoms with Gasteiger partial charge in [-0.1, -0.05) is 55.1 Å². The Balaban J connectivity index is 2.03. The van der Waals surface area contributed by atoms with E-state index < -0.39 is 5.69 Å². The highest BCUT2D eigenvalue weighted by Gasteiger charge is 2.18. The minimum Gasteiger partial charge on any atom is -0.268 e. The van der Waals surface area contributed by atoms with Crippen LogP contribution < -0.4 is 11.2 Å². The number of aryl methyl sites for hydroxylation is 2. The normalized spacial score (nSPS) is 11.0. The lowest BCUT2D eigenvalue weighted by Crippen LogP contribution is -2.40. The largest absolute Gasteiger partial charge is 0.337 e. The molecule has 0 aliphatic heterocycles. The van der Waals surface area contributed by atoms with Gasteiger partial charge in [0, 0.05) is 5.69 Å². The van der Waals surface area contributed by atoms with Crippen molar-refractivity contribution in [2.75, 3.05) is 0 Å². The summed E-state index contributed by atoms with van der Waals surface area (Å²) in [5.74, 6) is 0. The molecule has 0 atom stereocenters. The number of rotatable bonds is 4. The zero-order chi connectivity index (χ0) is 20.5. The molecule has 0 radical (unpaired) electrons. The highest BCUT2D eigenvalue weighted by molar-refractivity contribution is 5.79. The van der Waals surface area contributed by atoms with Gasteiger partial charge in [-0.3, -0.25) is 9.36 Å². The summed E-state index contributed by atoms with van der Waals surface area (Å²) >= 11 is 0. The van der Waals surface area contributed by atoms with Crippen molar-refractivity contribution in [1.82, 2.24) is 14.1 Å². The van der Waals surface area contributed by atoms with Crippen LogP contribution in [0.2, 0.25) is 0 Å². The summed E-state index contributed by atoms with van der Waals surface area (Å²) in [6, 6.07) is 18.8. The van der Waals surface area contributed by atoms with Crippen LogP contribution in [-0.4, -0.2) is 14.1 Å². The first kappa shape index (κ1) is 18.6. The van der Waals surface area contributed by atoms with Gasteiger partial charge in [-0.15, -0.1) is 0 Å². The molecule has 4 rings (SSSR count). The molecule has 0 saturated carbocycles. The molecule has 0 amide bonds. The fourth-order valence-electron chi connectivity index (χ4n) is 3.57. The van der Waals surface area contributed by atoms with E-state index in [2.05, 4.69) is 11.6 Å². The van der Waals surface area contributed by atoms with Crippen LogP contribution in [0, 0.1) is 13.8 Å². The molecule has 0 aliphatic carbocycles. The average molecular weight is 383 g/mol. The molecular formula is C24H21N3O2. The molecule has 0 saturated heterocycles. The number of hydrogen-bond acceptors (Lipinski definition) is 3. The van der Waals surface area contributed by atoms with Crippen LogP contribution in [0.4, 0.5) is 0 Å². The second-order valence-corrected chi connectivity index (χ2v) is 7.07. The second-order valence-electron chi connectivity index (χ2n) is 7.07. The van der Waals surface area contributed by atoms with Crippen molar-refractivity contribution in [3.63, 3.8) is 0 Å². The molecule has 5 heteroatoms. The maximum atomic E-state index is 13.4. The smallest absolute Gasteiger partial charge is 0.268 e. The third-order valence-electron chi connectivity index (χ3n) is 4.99. The number of fused-ring (bicyclic) bond motifs is 1. The Bertz CT molecular complexity index is 1330. The maximum Gasteiger partial charge on any atom is 0.337 e. The van der Waals surface area contributed by atoms with Crippen molar-refractivity contribution in [2.45, 2.75) is 20.4 Å². The van der Waals surface area contributed by atoms with E-state index in [-0.39, 0.29) is 12.1 Å². The van der Waals surface area contributed by atoms with Gasteiger partial charge in [-0.05, 0) is 48.7 Å². The summed E-state index contributed by atoms with van der Waals surface area (Å²) in [4.78, 5) is 31.3. The number of benzene rings is 2. The Hall–Kier alpha value is -3.73. The van der Waals surface area contributed by atoms with E-state index >= 15 is 0 Å². The lowest BCUT2D eigenvalue weighted by Gasteiger charge is -2.15. The summed E-state index contributed by atoms with van der Waals surface area (Å²) in [6.07, 6.45) is 1.76. The summed E-state index contributed by atoms with van der Waals surface area (Å²) in [7, 11) is 0. The maximum absolute atomic E-state index is 13.4. The molecule has 5 nitrogen and oxygen atoms in total. The van der Waals surface area contributed by atoms with Crippen molar-refractivity contribution in [2.24, 2.45) is 0 Å². The van der Waals surface area contributed by atoms with Crippen LogP contribution in [0.15, 0.2) is 76.8 Å². The number of pyridine rings is 1. The minimum atomic E-state index is -0.404. The van der Waals surface area contributed by atoms with Crippen molar-refractivity contribution in [3.8, 4) is 5.69 Å². The molecule has 2 aromatic carbocycles. The molecule has 0 spiro atoms. The molecule has 0 bridgehead atoms. The third-order valence-corrected chi connectivity index (χ3v) is 4.99. The van der Waals surface area contributed by atoms with Crippen LogP contribution in [0.3, 0.4) is 0 Å². The zero-order valence-corrected chi connectivity index (χ0v) is 16.4. The first-order valence-corrected chi connectivity index (χ1v) is 9.40. The first-order valence-electron chi connectivity index (χ1n) is 9.40. The summed E-state index contributed by atoms with van der Waals surface area (Å²) in [5.41, 5.74) is 3.75. The van der Waals surface area contributed by atoms with E-state index in [1.54, 1.807) is 6.08 Å². The molecule has 2 heterocycles. The predicted octanol–water partition coefficient (Wildman–Crippen LogP) is 3.86. The number of para-hydroxylation sites is 1. The van der Waals surface area contributed by atoms with Gasteiger partial charge in [0.15, 0.2) is 5.65 Å². The van der Waals surface area contributed by atoms with Crippen LogP contribution in [-0.2, 0) is 6.54 Å². The van der Waals surface area contributed by atoms with Crippen molar-refractivity contribution >= 4 is 17.1 Å². The topological polar surface area (TPSA) is 56.9 Å². The van der Waals surface area contributed by atoms with E-state index in [1.165, 1.54) is 9.13 Å². The Labute approximate surface area is 168 Å². The van der Waals surface area contributed by atoms with Gasteiger partial charge in [-0.2, -0.15) is 0 Å². The highest BCUT2D eigenvalue weighted by Crippen LogP contribution is 2.17. The number of aromatic nitrogens is 3. The van der Waals surface area contributed by atoms with Crippen LogP contribution in [0.1, 0.15) is 22.4 Å². The van der Waals surface area contributed by atoms with Gasteiger partial charge in [0.25, 0.3) is 5.56 Å². The van der Waals surface area contributed by atoms with Gasteiger partial charge in [0.05, 0.1) is 17.6 Å². The Morgan fingerprint density at radius 2 is 1.69 bits per heavy atom. The monoisotopic (exact) mass is 383 g/mol. The summed E-state index contributed by atoms with van der Waals surface area (Å²) < 4.78 is 2.80. The Morgan fingerprint density at radius 1 is 1.00 bits per heavy atom. The Kier molecular flexibility index (Phi) is 4.72. The third kappa shape index (κ3) is 3.31. The van der Waals surface area contributed by atoms with Crippen molar-refractivity contribution < 1.29 is 0 Å². The van der Waals surface area contributed by atoms with E-state index in [0.717, 1.165) is 22.4 Å². The number of nitrogens with zero attached hydrogens (tertiary/aromatic N) is 3. The molecule has 0 unspecified atom stereocenters. The molecule has 4 aromatic rings. The Morgan fingerprint density at radius 3 is 2.34 bits per heavy atom. The summed E-state index contributed by atoms with van der Waals surface area (Å²) in [6.45, 7) is 7.68. The SMILES string of the molecule is C=Cc1ccc(Cn2c(=O)c3c(C)cc(C)nc3n(-c3ccccc3)c2=O)cc1. The lowest BCUT2D eigenvalue weighted by atomic mass is 10.1. The quantitative estimate of drug-likeness (QED) is 0.538. The molecule has 2 aromatic heterocycles. The molecular weight excluding hydrogens is 362 g/mol. The fourth-order valence-corrected chi connectivity index (χ4v) is 3.57. The lowest BCUT2D eigenvalue weighted by molar-refractivity contribution is 0.682. The van der Waals surface area contributed by atoms with Crippen LogP contribution >= 0.6 is 0 Å². The van der Waals surface area contributed by atoms with E-state index in [0.29, 0.717) is 16.7 Å². The van der Waals surface area contributed by atoms with Gasteiger partial charge < -0.3 is 0 Å². The molecule has 0 N–H and O–H groups in total. The van der Waals surface area contributed by atoms with Gasteiger partial charge in [-0.25, -0.2) is 14.3 Å². The second kappa shape index (κ2) is 7.36. The van der Waals surface area contributed by atoms with Crippen LogP contribution in [0.25, 0.3) is 22.8 Å². The molecule has 0 fully saturated rings. The van der Waals surface area contributed by atoms with E-state index in [1.807, 2.05) is 74.5 Å². The van der Waals surface area contributed by atoms with Gasteiger partial charge >= 0.3 is 5.69 Å². The average Bonchev–Trinajstić information content (AvgIpc) is 2.72. The van der Waals surface area contributed by atoms with E-state index in [9.17, 15) is 9.59 Å². The predicted molar refractivity (Wildman–Crippen MR) is 117 cm³/mol. The van der Waals surface area contributed by atoms with Crippen molar-refractivity contribution in [3.05, 3.63) is 110 Å². The highest BCUT2D eigenvalue weighted by atomic mass is 16.2. The standard InChI is InChI=1S/C24H21N3O2/c1-4-18-10-12-19(13-11-18)15-26-23(28)21-16(2)14-17(3)25-22(21)27(24(26)29)20-8-6-5-7-9-20/h4-14H,1,15H2,2-3H3. The minimum absolute atomic E-state index is 0.186. The van der Waals surface area contributed by atoms with Gasteiger partial charge in [0.1, 0.15) is 0 Å². The first-order chi connectivity index (χ1) is 14.0. The zero-order valence-electron chi connectivity index (χ0n) is 16.4. The molecule has 0 aliphatic rings. The number of hydrogen-bond donors (Lipinski definition) is 0.